The zero-order valence-electron chi connectivity index (χ0n) is 9.89. The first kappa shape index (κ1) is 12.0. The van der Waals surface area contributed by atoms with E-state index in [9.17, 15) is 8.78 Å². The lowest BCUT2D eigenvalue weighted by molar-refractivity contribution is 0.476. The first-order valence-corrected chi connectivity index (χ1v) is 5.63. The molecule has 92 valence electrons. The Morgan fingerprint density at radius 1 is 1.29 bits per heavy atom. The van der Waals surface area contributed by atoms with Crippen molar-refractivity contribution in [1.29, 1.82) is 0 Å². The predicted octanol–water partition coefficient (Wildman–Crippen LogP) is 3.37. The minimum Gasteiger partial charge on any atom is -0.456 e. The van der Waals surface area contributed by atoms with Gasteiger partial charge in [-0.2, -0.15) is 4.39 Å². The zero-order valence-corrected chi connectivity index (χ0v) is 9.89. The minimum atomic E-state index is -0.938. The number of furan rings is 1. The Morgan fingerprint density at radius 3 is 2.59 bits per heavy atom. The van der Waals surface area contributed by atoms with Gasteiger partial charge in [0.05, 0.1) is 6.54 Å². The molecule has 17 heavy (non-hydrogen) atoms. The maximum Gasteiger partial charge on any atom is 0.201 e. The van der Waals surface area contributed by atoms with Gasteiger partial charge in [-0.15, -0.1) is 0 Å². The lowest BCUT2D eigenvalue weighted by atomic mass is 10.00. The predicted molar refractivity (Wildman–Crippen MR) is 62.6 cm³/mol. The lowest BCUT2D eigenvalue weighted by Crippen LogP contribution is -2.01. The molecule has 0 saturated carbocycles. The smallest absolute Gasteiger partial charge is 0.201 e. The van der Waals surface area contributed by atoms with Crippen LogP contribution in [-0.2, 0) is 13.0 Å². The second kappa shape index (κ2) is 4.45. The fourth-order valence-electron chi connectivity index (χ4n) is 2.00. The molecule has 0 aliphatic rings. The molecule has 0 radical (unpaired) electrons. The molecular formula is C13H15F2NO. The summed E-state index contributed by atoms with van der Waals surface area (Å²) in [5.74, 6) is -0.898. The Kier molecular flexibility index (Phi) is 3.15. The Morgan fingerprint density at radius 2 is 2.00 bits per heavy atom. The van der Waals surface area contributed by atoms with Crippen molar-refractivity contribution in [2.45, 2.75) is 26.8 Å². The van der Waals surface area contributed by atoms with Crippen LogP contribution >= 0.6 is 0 Å². The van der Waals surface area contributed by atoms with E-state index in [1.165, 1.54) is 0 Å². The van der Waals surface area contributed by atoms with Crippen molar-refractivity contribution in [3.05, 3.63) is 35.1 Å². The third-order valence-corrected chi connectivity index (χ3v) is 2.73. The molecule has 0 aliphatic carbocycles. The van der Waals surface area contributed by atoms with E-state index in [4.69, 9.17) is 10.2 Å². The molecule has 1 heterocycles. The fraction of sp³-hybridized carbons (Fsp3) is 0.385. The van der Waals surface area contributed by atoms with Crippen LogP contribution in [0.5, 0.6) is 0 Å². The number of halogens is 2. The van der Waals surface area contributed by atoms with Gasteiger partial charge in [-0.3, -0.25) is 0 Å². The molecule has 0 unspecified atom stereocenters. The molecule has 2 N–H and O–H groups in total. The number of hydrogen-bond acceptors (Lipinski definition) is 2. The van der Waals surface area contributed by atoms with Crippen LogP contribution in [0, 0.1) is 17.6 Å². The third-order valence-electron chi connectivity index (χ3n) is 2.73. The molecule has 0 bridgehead atoms. The number of rotatable bonds is 3. The molecule has 4 heteroatoms. The summed E-state index contributed by atoms with van der Waals surface area (Å²) in [6.45, 7) is 4.30. The van der Waals surface area contributed by atoms with Crippen molar-refractivity contribution < 1.29 is 13.2 Å². The highest BCUT2D eigenvalue weighted by atomic mass is 19.2. The van der Waals surface area contributed by atoms with Gasteiger partial charge in [-0.25, -0.2) is 4.39 Å². The summed E-state index contributed by atoms with van der Waals surface area (Å²) in [6, 6.07) is 2.67. The molecule has 2 nitrogen and oxygen atoms in total. The van der Waals surface area contributed by atoms with Crippen LogP contribution in [0.4, 0.5) is 8.78 Å². The largest absolute Gasteiger partial charge is 0.456 e. The summed E-state index contributed by atoms with van der Waals surface area (Å²) in [5.41, 5.74) is 6.43. The molecule has 2 rings (SSSR count). The average Bonchev–Trinajstić information content (AvgIpc) is 2.62. The summed E-state index contributed by atoms with van der Waals surface area (Å²) in [4.78, 5) is 0. The van der Waals surface area contributed by atoms with E-state index in [0.29, 0.717) is 17.1 Å². The van der Waals surface area contributed by atoms with Crippen molar-refractivity contribution in [1.82, 2.24) is 0 Å². The van der Waals surface area contributed by atoms with Gasteiger partial charge in [0.15, 0.2) is 11.4 Å². The summed E-state index contributed by atoms with van der Waals surface area (Å²) >= 11 is 0. The molecule has 0 atom stereocenters. The highest BCUT2D eigenvalue weighted by Crippen LogP contribution is 2.30. The van der Waals surface area contributed by atoms with Crippen molar-refractivity contribution in [2.24, 2.45) is 11.7 Å². The van der Waals surface area contributed by atoms with Crippen LogP contribution in [0.1, 0.15) is 25.2 Å². The van der Waals surface area contributed by atoms with Crippen molar-refractivity contribution in [2.75, 3.05) is 0 Å². The Hall–Kier alpha value is -1.42. The topological polar surface area (TPSA) is 39.2 Å². The molecule has 0 amide bonds. The second-order valence-electron chi connectivity index (χ2n) is 4.54. The normalized spacial score (nSPS) is 11.6. The molecular weight excluding hydrogens is 224 g/mol. The zero-order chi connectivity index (χ0) is 12.6. The number of hydrogen-bond donors (Lipinski definition) is 1. The van der Waals surface area contributed by atoms with Gasteiger partial charge in [0.25, 0.3) is 0 Å². The maximum absolute atomic E-state index is 13.6. The van der Waals surface area contributed by atoms with Gasteiger partial charge in [0.1, 0.15) is 5.76 Å². The van der Waals surface area contributed by atoms with Crippen LogP contribution in [0.25, 0.3) is 11.0 Å². The van der Waals surface area contributed by atoms with Crippen LogP contribution in [0.15, 0.2) is 16.5 Å². The van der Waals surface area contributed by atoms with Gasteiger partial charge < -0.3 is 10.2 Å². The van der Waals surface area contributed by atoms with E-state index in [1.54, 1.807) is 6.07 Å². The summed E-state index contributed by atoms with van der Waals surface area (Å²) in [7, 11) is 0. The standard InChI is InChI=1S/C13H15F2NO/c1-7(2)5-9-8-3-4-10(14)12(15)13(8)17-11(9)6-16/h3-4,7H,5-6,16H2,1-2H3. The van der Waals surface area contributed by atoms with E-state index >= 15 is 0 Å². The average molecular weight is 239 g/mol. The number of fused-ring (bicyclic) bond motifs is 1. The van der Waals surface area contributed by atoms with Gasteiger partial charge >= 0.3 is 0 Å². The summed E-state index contributed by atoms with van der Waals surface area (Å²) in [5, 5.41) is 0.623. The molecule has 0 saturated heterocycles. The van der Waals surface area contributed by atoms with Gasteiger partial charge in [0.2, 0.25) is 5.82 Å². The second-order valence-corrected chi connectivity index (χ2v) is 4.54. The van der Waals surface area contributed by atoms with Gasteiger partial charge in [0, 0.05) is 10.9 Å². The monoisotopic (exact) mass is 239 g/mol. The molecule has 0 spiro atoms. The first-order valence-electron chi connectivity index (χ1n) is 5.63. The highest BCUT2D eigenvalue weighted by Gasteiger charge is 2.18. The van der Waals surface area contributed by atoms with E-state index in [0.717, 1.165) is 18.1 Å². The van der Waals surface area contributed by atoms with Crippen LogP contribution in [-0.4, -0.2) is 0 Å². The van der Waals surface area contributed by atoms with Crippen molar-refractivity contribution in [3.63, 3.8) is 0 Å². The van der Waals surface area contributed by atoms with Crippen LogP contribution in [0.3, 0.4) is 0 Å². The summed E-state index contributed by atoms with van der Waals surface area (Å²) in [6.07, 6.45) is 0.741. The molecule has 2 aromatic rings. The third kappa shape index (κ3) is 2.05. The van der Waals surface area contributed by atoms with E-state index in [1.807, 2.05) is 0 Å². The van der Waals surface area contributed by atoms with Crippen molar-refractivity contribution in [3.8, 4) is 0 Å². The Balaban J connectivity index is 2.68. The minimum absolute atomic E-state index is 0.0268. The molecule has 0 aliphatic heterocycles. The van der Waals surface area contributed by atoms with Crippen LogP contribution in [0.2, 0.25) is 0 Å². The Bertz CT molecular complexity index is 546. The SMILES string of the molecule is CC(C)Cc1c(CN)oc2c(F)c(F)ccc12. The van der Waals surface area contributed by atoms with Gasteiger partial charge in [-0.1, -0.05) is 13.8 Å². The lowest BCUT2D eigenvalue weighted by Gasteiger charge is -2.04. The van der Waals surface area contributed by atoms with Gasteiger partial charge in [-0.05, 0) is 24.5 Å². The van der Waals surface area contributed by atoms with E-state index in [-0.39, 0.29) is 12.1 Å². The number of nitrogens with two attached hydrogens (primary N) is 1. The van der Waals surface area contributed by atoms with E-state index in [2.05, 4.69) is 13.8 Å². The quantitative estimate of drug-likeness (QED) is 0.891. The highest BCUT2D eigenvalue weighted by molar-refractivity contribution is 5.83. The van der Waals surface area contributed by atoms with Crippen LogP contribution < -0.4 is 5.73 Å². The molecule has 0 fully saturated rings. The summed E-state index contributed by atoms with van der Waals surface area (Å²) < 4.78 is 32.0. The molecule has 1 aromatic heterocycles. The first-order chi connectivity index (χ1) is 8.04. The molecule has 1 aromatic carbocycles. The Labute approximate surface area is 98.4 Å². The van der Waals surface area contributed by atoms with Crippen molar-refractivity contribution >= 4 is 11.0 Å². The maximum atomic E-state index is 13.6. The number of benzene rings is 1. The van der Waals surface area contributed by atoms with E-state index < -0.39 is 11.6 Å². The fourth-order valence-corrected chi connectivity index (χ4v) is 2.00.